The molecular weight excluding hydrogens is 476 g/mol. The van der Waals surface area contributed by atoms with Crippen LogP contribution < -0.4 is 10.2 Å². The van der Waals surface area contributed by atoms with E-state index < -0.39 is 27.6 Å². The Hall–Kier alpha value is -3.35. The number of carbonyl (C=O) groups is 1. The standard InChI is InChI=1S/C24H25ClN4O4S/c1-24(2,3)33-23(30)29(19-7-5-6-17(25)10-19)15-18(12-26)28-22-14-27-13-16-8-9-20(11-21(16)22)34(4,31)32/h5-11,13-14,18,28H,15H2,1-4H3. The van der Waals surface area contributed by atoms with Crippen molar-refractivity contribution < 1.29 is 17.9 Å². The van der Waals surface area contributed by atoms with E-state index in [1.165, 1.54) is 23.2 Å². The van der Waals surface area contributed by atoms with Crippen molar-refractivity contribution in [1.82, 2.24) is 4.98 Å². The zero-order chi connectivity index (χ0) is 25.1. The maximum Gasteiger partial charge on any atom is 0.414 e. The topological polar surface area (TPSA) is 112 Å². The van der Waals surface area contributed by atoms with Crippen LogP contribution in [0, 0.1) is 11.3 Å². The summed E-state index contributed by atoms with van der Waals surface area (Å²) in [5.41, 5.74) is 0.189. The van der Waals surface area contributed by atoms with Crippen molar-refractivity contribution >= 4 is 49.7 Å². The molecule has 34 heavy (non-hydrogen) atoms. The van der Waals surface area contributed by atoms with Crippen molar-refractivity contribution in [1.29, 1.82) is 5.26 Å². The highest BCUT2D eigenvalue weighted by molar-refractivity contribution is 7.90. The van der Waals surface area contributed by atoms with Crippen molar-refractivity contribution in [3.05, 3.63) is 59.9 Å². The first-order valence-electron chi connectivity index (χ1n) is 10.4. The Morgan fingerprint density at radius 3 is 2.59 bits per heavy atom. The number of ether oxygens (including phenoxy) is 1. The number of hydrogen-bond acceptors (Lipinski definition) is 7. The minimum Gasteiger partial charge on any atom is -0.443 e. The summed E-state index contributed by atoms with van der Waals surface area (Å²) in [6.45, 7) is 5.20. The number of fused-ring (bicyclic) bond motifs is 1. The molecule has 1 aromatic heterocycles. The van der Waals surface area contributed by atoms with Crippen LogP contribution in [0.4, 0.5) is 16.2 Å². The van der Waals surface area contributed by atoms with E-state index >= 15 is 0 Å². The number of anilines is 2. The summed E-state index contributed by atoms with van der Waals surface area (Å²) in [5, 5.41) is 14.7. The van der Waals surface area contributed by atoms with Gasteiger partial charge in [0.05, 0.1) is 29.4 Å². The summed E-state index contributed by atoms with van der Waals surface area (Å²) in [6.07, 6.45) is 3.61. The molecule has 0 aliphatic rings. The normalized spacial score (nSPS) is 12.6. The van der Waals surface area contributed by atoms with Crippen molar-refractivity contribution in [2.24, 2.45) is 0 Å². The second kappa shape index (κ2) is 9.87. The minimum atomic E-state index is -3.43. The molecule has 3 aromatic rings. The van der Waals surface area contributed by atoms with Gasteiger partial charge in [0, 0.05) is 33.9 Å². The number of carbonyl (C=O) groups excluding carboxylic acids is 1. The third-order valence-electron chi connectivity index (χ3n) is 4.74. The highest BCUT2D eigenvalue weighted by Gasteiger charge is 2.26. The Kier molecular flexibility index (Phi) is 7.34. The maximum atomic E-state index is 13.0. The van der Waals surface area contributed by atoms with Gasteiger partial charge >= 0.3 is 6.09 Å². The summed E-state index contributed by atoms with van der Waals surface area (Å²) in [4.78, 5) is 18.6. The molecule has 1 N–H and O–H groups in total. The van der Waals surface area contributed by atoms with E-state index in [0.717, 1.165) is 6.26 Å². The lowest BCUT2D eigenvalue weighted by molar-refractivity contribution is 0.0580. The molecule has 0 bridgehead atoms. The Bertz CT molecular complexity index is 1360. The number of pyridine rings is 1. The number of halogens is 1. The Labute approximate surface area is 204 Å². The van der Waals surface area contributed by atoms with Gasteiger partial charge in [-0.1, -0.05) is 23.7 Å². The second-order valence-corrected chi connectivity index (χ2v) is 11.2. The monoisotopic (exact) mass is 500 g/mol. The highest BCUT2D eigenvalue weighted by atomic mass is 35.5. The molecule has 178 valence electrons. The van der Waals surface area contributed by atoms with Crippen molar-refractivity contribution in [2.45, 2.75) is 37.3 Å². The fourth-order valence-electron chi connectivity index (χ4n) is 3.22. The smallest absolute Gasteiger partial charge is 0.414 e. The zero-order valence-electron chi connectivity index (χ0n) is 19.2. The van der Waals surface area contributed by atoms with Gasteiger partial charge in [0.2, 0.25) is 0 Å². The number of nitrogens with zero attached hydrogens (tertiary/aromatic N) is 3. The van der Waals surface area contributed by atoms with Gasteiger partial charge in [-0.3, -0.25) is 9.88 Å². The molecule has 3 rings (SSSR count). The summed E-state index contributed by atoms with van der Waals surface area (Å²) < 4.78 is 29.6. The van der Waals surface area contributed by atoms with Crippen LogP contribution in [-0.2, 0) is 14.6 Å². The third kappa shape index (κ3) is 6.37. The van der Waals surface area contributed by atoms with Gasteiger partial charge in [0.1, 0.15) is 11.6 Å². The number of amides is 1. The predicted octanol–water partition coefficient (Wildman–Crippen LogP) is 5.04. The van der Waals surface area contributed by atoms with Crippen molar-refractivity contribution in [3.63, 3.8) is 0 Å². The second-order valence-electron chi connectivity index (χ2n) is 8.74. The van der Waals surface area contributed by atoms with Crippen molar-refractivity contribution in [2.75, 3.05) is 23.0 Å². The van der Waals surface area contributed by atoms with Gasteiger partial charge in [-0.2, -0.15) is 5.26 Å². The molecule has 0 spiro atoms. The predicted molar refractivity (Wildman–Crippen MR) is 133 cm³/mol. The van der Waals surface area contributed by atoms with Crippen LogP contribution in [0.3, 0.4) is 0 Å². The van der Waals surface area contributed by atoms with Gasteiger partial charge in [-0.05, 0) is 51.1 Å². The van der Waals surface area contributed by atoms with Crippen LogP contribution in [0.2, 0.25) is 5.02 Å². The average Bonchev–Trinajstić information content (AvgIpc) is 2.74. The quantitative estimate of drug-likeness (QED) is 0.504. The first-order valence-corrected chi connectivity index (χ1v) is 12.6. The first-order chi connectivity index (χ1) is 15.9. The van der Waals surface area contributed by atoms with Crippen LogP contribution in [0.5, 0.6) is 0 Å². The van der Waals surface area contributed by atoms with Crippen LogP contribution in [0.25, 0.3) is 10.8 Å². The molecule has 10 heteroatoms. The molecule has 1 unspecified atom stereocenters. The van der Waals surface area contributed by atoms with Gasteiger partial charge < -0.3 is 10.1 Å². The molecule has 0 aliphatic carbocycles. The molecule has 0 saturated carbocycles. The Morgan fingerprint density at radius 2 is 1.97 bits per heavy atom. The third-order valence-corrected chi connectivity index (χ3v) is 6.09. The number of hydrogen-bond donors (Lipinski definition) is 1. The summed E-state index contributed by atoms with van der Waals surface area (Å²) in [5.74, 6) is 0. The zero-order valence-corrected chi connectivity index (χ0v) is 20.8. The van der Waals surface area contributed by atoms with Gasteiger partial charge in [0.15, 0.2) is 9.84 Å². The molecule has 0 saturated heterocycles. The number of sulfone groups is 1. The highest BCUT2D eigenvalue weighted by Crippen LogP contribution is 2.27. The van der Waals surface area contributed by atoms with E-state index in [1.54, 1.807) is 57.3 Å². The largest absolute Gasteiger partial charge is 0.443 e. The van der Waals surface area contributed by atoms with Crippen LogP contribution in [0.15, 0.2) is 59.8 Å². The average molecular weight is 501 g/mol. The lowest BCUT2D eigenvalue weighted by Crippen LogP contribution is -2.43. The molecule has 1 amide bonds. The van der Waals surface area contributed by atoms with Crippen molar-refractivity contribution in [3.8, 4) is 6.07 Å². The van der Waals surface area contributed by atoms with E-state index in [0.29, 0.717) is 27.2 Å². The first kappa shape index (κ1) is 25.3. The fourth-order valence-corrected chi connectivity index (χ4v) is 4.06. The Balaban J connectivity index is 1.96. The molecule has 1 atom stereocenters. The molecule has 0 fully saturated rings. The molecule has 0 radical (unpaired) electrons. The lowest BCUT2D eigenvalue weighted by atomic mass is 10.1. The molecular formula is C24H25ClN4O4S. The van der Waals surface area contributed by atoms with E-state index in [2.05, 4.69) is 16.4 Å². The summed E-state index contributed by atoms with van der Waals surface area (Å²) in [7, 11) is -3.43. The number of rotatable bonds is 6. The SMILES string of the molecule is CC(C)(C)OC(=O)N(CC(C#N)Nc1cncc2ccc(S(C)(=O)=O)cc12)c1cccc(Cl)c1. The van der Waals surface area contributed by atoms with Crippen LogP contribution >= 0.6 is 11.6 Å². The number of benzene rings is 2. The Morgan fingerprint density at radius 1 is 1.24 bits per heavy atom. The molecule has 2 aromatic carbocycles. The van der Waals surface area contributed by atoms with Crippen LogP contribution in [-0.4, -0.2) is 43.9 Å². The van der Waals surface area contributed by atoms with Gasteiger partial charge in [0.25, 0.3) is 0 Å². The van der Waals surface area contributed by atoms with Crippen LogP contribution in [0.1, 0.15) is 20.8 Å². The molecule has 0 aliphatic heterocycles. The summed E-state index contributed by atoms with van der Waals surface area (Å²) >= 11 is 6.13. The summed E-state index contributed by atoms with van der Waals surface area (Å²) in [6, 6.07) is 12.7. The number of nitriles is 1. The van der Waals surface area contributed by atoms with Gasteiger partial charge in [-0.15, -0.1) is 0 Å². The maximum absolute atomic E-state index is 13.0. The molecule has 8 nitrogen and oxygen atoms in total. The minimum absolute atomic E-state index is 0.0616. The number of aromatic nitrogens is 1. The van der Waals surface area contributed by atoms with E-state index in [9.17, 15) is 18.5 Å². The molecule has 1 heterocycles. The number of nitrogens with one attached hydrogen (secondary N) is 1. The van der Waals surface area contributed by atoms with E-state index in [1.807, 2.05) is 0 Å². The van der Waals surface area contributed by atoms with E-state index in [-0.39, 0.29) is 11.4 Å². The fraction of sp³-hybridized carbons (Fsp3) is 0.292. The van der Waals surface area contributed by atoms with Gasteiger partial charge in [-0.25, -0.2) is 13.2 Å². The van der Waals surface area contributed by atoms with E-state index in [4.69, 9.17) is 16.3 Å². The lowest BCUT2D eigenvalue weighted by Gasteiger charge is -2.29.